The molecule has 0 N–H and O–H groups in total. The average Bonchev–Trinajstić information content (AvgIpc) is 2.41. The van der Waals surface area contributed by atoms with Gasteiger partial charge in [-0.1, -0.05) is 0 Å². The number of halogens is 2. The lowest BCUT2D eigenvalue weighted by Crippen LogP contribution is -2.49. The summed E-state index contributed by atoms with van der Waals surface area (Å²) in [5, 5.41) is 0. The molecule has 1 aromatic carbocycles. The molecule has 0 radical (unpaired) electrons. The van der Waals surface area contributed by atoms with Crippen LogP contribution in [-0.2, 0) is 4.74 Å². The minimum atomic E-state index is -0.220. The number of methoxy groups -OCH3 is 1. The van der Waals surface area contributed by atoms with Crippen molar-refractivity contribution >= 4 is 44.4 Å². The first-order chi connectivity index (χ1) is 8.95. The Labute approximate surface area is 136 Å². The second-order valence-corrected chi connectivity index (χ2v) is 7.21. The number of piperidine rings is 1. The highest BCUT2D eigenvalue weighted by Gasteiger charge is 2.33. The summed E-state index contributed by atoms with van der Waals surface area (Å²) < 4.78 is 7.46. The van der Waals surface area contributed by atoms with Gasteiger partial charge in [-0.25, -0.2) is 0 Å². The second-order valence-electron chi connectivity index (χ2n) is 5.11. The monoisotopic (exact) mass is 437 g/mol. The van der Waals surface area contributed by atoms with Gasteiger partial charge in [-0.2, -0.15) is 0 Å². The summed E-state index contributed by atoms with van der Waals surface area (Å²) in [7, 11) is 1.72. The Morgan fingerprint density at radius 1 is 1.53 bits per heavy atom. The summed E-state index contributed by atoms with van der Waals surface area (Å²) in [6.45, 7) is 3.52. The Bertz CT molecular complexity index is 494. The maximum absolute atomic E-state index is 12.6. The predicted octanol–water partition coefficient (Wildman–Crippen LogP) is 3.69. The summed E-state index contributed by atoms with van der Waals surface area (Å²) >= 11 is 5.69. The minimum absolute atomic E-state index is 0.0772. The van der Waals surface area contributed by atoms with Gasteiger partial charge in [-0.15, -0.1) is 0 Å². The first-order valence-electron chi connectivity index (χ1n) is 6.25. The molecule has 0 spiro atoms. The largest absolute Gasteiger partial charge is 0.377 e. The van der Waals surface area contributed by atoms with Crippen molar-refractivity contribution in [2.24, 2.45) is 0 Å². The fourth-order valence-corrected chi connectivity index (χ4v) is 3.28. The zero-order valence-electron chi connectivity index (χ0n) is 11.1. The molecular weight excluding hydrogens is 421 g/mol. The van der Waals surface area contributed by atoms with Crippen molar-refractivity contribution in [2.45, 2.75) is 25.4 Å². The third-order valence-electron chi connectivity index (χ3n) is 3.60. The van der Waals surface area contributed by atoms with Gasteiger partial charge >= 0.3 is 0 Å². The van der Waals surface area contributed by atoms with Crippen LogP contribution in [0.2, 0.25) is 0 Å². The number of benzene rings is 1. The van der Waals surface area contributed by atoms with E-state index in [2.05, 4.69) is 45.4 Å². The number of carbonyl (C=O) groups is 1. The number of rotatable bonds is 2. The van der Waals surface area contributed by atoms with E-state index in [9.17, 15) is 4.79 Å². The molecule has 1 heterocycles. The lowest BCUT2D eigenvalue weighted by Gasteiger charge is -2.39. The summed E-state index contributed by atoms with van der Waals surface area (Å²) in [5.41, 5.74) is 0.509. The Kier molecular flexibility index (Phi) is 4.89. The van der Waals surface area contributed by atoms with E-state index in [4.69, 9.17) is 4.74 Å². The molecule has 1 saturated heterocycles. The van der Waals surface area contributed by atoms with Crippen molar-refractivity contribution < 1.29 is 9.53 Å². The average molecular weight is 438 g/mol. The molecule has 1 aliphatic heterocycles. The molecular formula is C14H17BrINO2. The van der Waals surface area contributed by atoms with E-state index >= 15 is 0 Å². The van der Waals surface area contributed by atoms with Crippen LogP contribution in [0.3, 0.4) is 0 Å². The zero-order valence-corrected chi connectivity index (χ0v) is 14.8. The molecule has 1 fully saturated rings. The lowest BCUT2D eigenvalue weighted by atomic mass is 9.94. The van der Waals surface area contributed by atoms with Gasteiger partial charge in [0.25, 0.3) is 5.91 Å². The number of nitrogens with zero attached hydrogens (tertiary/aromatic N) is 1. The van der Waals surface area contributed by atoms with Crippen molar-refractivity contribution in [2.75, 3.05) is 20.2 Å². The molecule has 104 valence electrons. The van der Waals surface area contributed by atoms with Crippen molar-refractivity contribution in [3.63, 3.8) is 0 Å². The summed E-state index contributed by atoms with van der Waals surface area (Å²) in [4.78, 5) is 14.5. The van der Waals surface area contributed by atoms with Crippen LogP contribution in [0.5, 0.6) is 0 Å². The van der Waals surface area contributed by atoms with Crippen molar-refractivity contribution in [1.82, 2.24) is 4.90 Å². The standard InChI is InChI=1S/C14H17BrINO2/c1-14(19-2)6-3-7-17(9-14)13(18)11-8-10(16)4-5-12(11)15/h4-5,8H,3,6-7,9H2,1-2H3. The normalized spacial score (nSPS) is 23.5. The number of hydrogen-bond donors (Lipinski definition) is 0. The van der Waals surface area contributed by atoms with Gasteiger partial charge in [-0.3, -0.25) is 4.79 Å². The maximum Gasteiger partial charge on any atom is 0.255 e. The van der Waals surface area contributed by atoms with Gasteiger partial charge in [0.2, 0.25) is 0 Å². The predicted molar refractivity (Wildman–Crippen MR) is 87.4 cm³/mol. The Morgan fingerprint density at radius 3 is 2.95 bits per heavy atom. The quantitative estimate of drug-likeness (QED) is 0.660. The SMILES string of the molecule is COC1(C)CCCN(C(=O)c2cc(I)ccc2Br)C1. The topological polar surface area (TPSA) is 29.5 Å². The first-order valence-corrected chi connectivity index (χ1v) is 8.12. The van der Waals surface area contributed by atoms with Crippen molar-refractivity contribution in [1.29, 1.82) is 0 Å². The van der Waals surface area contributed by atoms with Crippen LogP contribution in [-0.4, -0.2) is 36.6 Å². The molecule has 1 aliphatic rings. The van der Waals surface area contributed by atoms with Gasteiger partial charge in [0, 0.05) is 28.2 Å². The molecule has 1 amide bonds. The van der Waals surface area contributed by atoms with Gasteiger partial charge in [0.15, 0.2) is 0 Å². The summed E-state index contributed by atoms with van der Waals surface area (Å²) in [6.07, 6.45) is 1.98. The molecule has 1 aromatic rings. The molecule has 1 atom stereocenters. The van der Waals surface area contributed by atoms with Crippen LogP contribution < -0.4 is 0 Å². The van der Waals surface area contributed by atoms with Gasteiger partial charge in [-0.05, 0) is 76.5 Å². The third kappa shape index (κ3) is 3.49. The second kappa shape index (κ2) is 6.10. The van der Waals surface area contributed by atoms with E-state index in [1.54, 1.807) is 7.11 Å². The number of carbonyl (C=O) groups excluding carboxylic acids is 1. The van der Waals surface area contributed by atoms with E-state index in [1.807, 2.05) is 23.1 Å². The number of ether oxygens (including phenoxy) is 1. The maximum atomic E-state index is 12.6. The van der Waals surface area contributed by atoms with E-state index < -0.39 is 0 Å². The smallest absolute Gasteiger partial charge is 0.255 e. The van der Waals surface area contributed by atoms with E-state index in [0.29, 0.717) is 6.54 Å². The van der Waals surface area contributed by atoms with E-state index in [1.165, 1.54) is 0 Å². The molecule has 2 rings (SSSR count). The molecule has 0 saturated carbocycles. The highest BCUT2D eigenvalue weighted by Crippen LogP contribution is 2.27. The van der Waals surface area contributed by atoms with Crippen LogP contribution in [0, 0.1) is 3.57 Å². The van der Waals surface area contributed by atoms with Crippen molar-refractivity contribution in [3.8, 4) is 0 Å². The molecule has 0 aliphatic carbocycles. The van der Waals surface area contributed by atoms with Gasteiger partial charge < -0.3 is 9.64 Å². The number of amides is 1. The molecule has 0 aromatic heterocycles. The molecule has 5 heteroatoms. The van der Waals surface area contributed by atoms with Crippen LogP contribution in [0.15, 0.2) is 22.7 Å². The summed E-state index contributed by atoms with van der Waals surface area (Å²) in [5.74, 6) is 0.0772. The Hall–Kier alpha value is -0.140. The van der Waals surface area contributed by atoms with E-state index in [-0.39, 0.29) is 11.5 Å². The highest BCUT2D eigenvalue weighted by molar-refractivity contribution is 14.1. The minimum Gasteiger partial charge on any atom is -0.377 e. The number of likely N-dealkylation sites (tertiary alicyclic amines) is 1. The molecule has 19 heavy (non-hydrogen) atoms. The highest BCUT2D eigenvalue weighted by atomic mass is 127. The molecule has 3 nitrogen and oxygen atoms in total. The van der Waals surface area contributed by atoms with Crippen LogP contribution in [0.25, 0.3) is 0 Å². The lowest BCUT2D eigenvalue weighted by molar-refractivity contribution is -0.0440. The number of hydrogen-bond acceptors (Lipinski definition) is 2. The van der Waals surface area contributed by atoms with Crippen molar-refractivity contribution in [3.05, 3.63) is 31.8 Å². The third-order valence-corrected chi connectivity index (χ3v) is 4.96. The van der Waals surface area contributed by atoms with Crippen LogP contribution in [0.4, 0.5) is 0 Å². The molecule has 1 unspecified atom stereocenters. The van der Waals surface area contributed by atoms with E-state index in [0.717, 1.165) is 33.0 Å². The fraction of sp³-hybridized carbons (Fsp3) is 0.500. The molecule has 0 bridgehead atoms. The van der Waals surface area contributed by atoms with Gasteiger partial charge in [0.1, 0.15) is 0 Å². The van der Waals surface area contributed by atoms with Crippen LogP contribution in [0.1, 0.15) is 30.1 Å². The zero-order chi connectivity index (χ0) is 14.0. The Morgan fingerprint density at radius 2 is 2.26 bits per heavy atom. The first kappa shape index (κ1) is 15.3. The fourth-order valence-electron chi connectivity index (χ4n) is 2.38. The summed E-state index contributed by atoms with van der Waals surface area (Å²) in [6, 6.07) is 5.83. The van der Waals surface area contributed by atoms with Gasteiger partial charge in [0.05, 0.1) is 11.2 Å². The Balaban J connectivity index is 2.22. The van der Waals surface area contributed by atoms with Crippen LogP contribution >= 0.6 is 38.5 Å².